The van der Waals surface area contributed by atoms with Gasteiger partial charge in [-0.25, -0.2) is 4.79 Å². The van der Waals surface area contributed by atoms with Crippen molar-refractivity contribution in [3.8, 4) is 0 Å². The lowest BCUT2D eigenvalue weighted by atomic mass is 10.0. The van der Waals surface area contributed by atoms with E-state index in [0.717, 1.165) is 17.8 Å². The second-order valence-corrected chi connectivity index (χ2v) is 5.73. The molecule has 0 aromatic heterocycles. The Balaban J connectivity index is 1.55. The van der Waals surface area contributed by atoms with Crippen LogP contribution in [0.15, 0.2) is 48.5 Å². The highest BCUT2D eigenvalue weighted by Gasteiger charge is 2.21. The van der Waals surface area contributed by atoms with Crippen molar-refractivity contribution in [2.45, 2.75) is 25.3 Å². The average molecular weight is 295 g/mol. The summed E-state index contributed by atoms with van der Waals surface area (Å²) in [6.07, 6.45) is 2.40. The monoisotopic (exact) mass is 295 g/mol. The number of anilines is 1. The van der Waals surface area contributed by atoms with Crippen molar-refractivity contribution < 1.29 is 4.79 Å². The summed E-state index contributed by atoms with van der Waals surface area (Å²) in [5.41, 5.74) is 10.2. The molecule has 0 saturated heterocycles. The van der Waals surface area contributed by atoms with Gasteiger partial charge in [-0.3, -0.25) is 0 Å². The molecule has 4 N–H and O–H groups in total. The highest BCUT2D eigenvalue weighted by molar-refractivity contribution is 5.71. The second-order valence-electron chi connectivity index (χ2n) is 5.73. The number of nitrogens with two attached hydrogens (primary N) is 1. The van der Waals surface area contributed by atoms with Crippen molar-refractivity contribution in [2.24, 2.45) is 5.73 Å². The molecule has 2 amide bonds. The predicted octanol–water partition coefficient (Wildman–Crippen LogP) is 3.00. The van der Waals surface area contributed by atoms with E-state index in [-0.39, 0.29) is 0 Å². The molecule has 0 heterocycles. The van der Waals surface area contributed by atoms with Crippen molar-refractivity contribution in [2.75, 3.05) is 11.9 Å². The number of urea groups is 1. The minimum atomic E-state index is -0.498. The molecule has 4 nitrogen and oxygen atoms in total. The summed E-state index contributed by atoms with van der Waals surface area (Å²) in [7, 11) is 0. The van der Waals surface area contributed by atoms with Crippen LogP contribution in [0.5, 0.6) is 0 Å². The molecule has 0 aliphatic heterocycles. The standard InChI is InChI=1S/C18H21N3O/c19-18(22)21-11-13-5-9-16(10-6-13)20-12-15-8-7-14-3-1-2-4-17(14)15/h1-6,9-10,15,20H,7-8,11-12H2,(H3,19,21,22). The zero-order chi connectivity index (χ0) is 15.4. The number of hydrogen-bond acceptors (Lipinski definition) is 2. The zero-order valence-electron chi connectivity index (χ0n) is 12.5. The topological polar surface area (TPSA) is 67.2 Å². The van der Waals surface area contributed by atoms with E-state index in [9.17, 15) is 4.79 Å². The summed E-state index contributed by atoms with van der Waals surface area (Å²) in [6, 6.07) is 16.3. The van der Waals surface area contributed by atoms with Gasteiger partial charge in [-0.1, -0.05) is 36.4 Å². The molecule has 0 saturated carbocycles. The maximum atomic E-state index is 10.7. The summed E-state index contributed by atoms with van der Waals surface area (Å²) in [5.74, 6) is 0.590. The van der Waals surface area contributed by atoms with E-state index < -0.39 is 6.03 Å². The summed E-state index contributed by atoms with van der Waals surface area (Å²) < 4.78 is 0. The maximum absolute atomic E-state index is 10.7. The Morgan fingerprint density at radius 1 is 1.14 bits per heavy atom. The molecule has 0 fully saturated rings. The Morgan fingerprint density at radius 2 is 1.91 bits per heavy atom. The Kier molecular flexibility index (Phi) is 4.28. The lowest BCUT2D eigenvalue weighted by Crippen LogP contribution is -2.28. The molecule has 2 aromatic rings. The van der Waals surface area contributed by atoms with E-state index in [1.54, 1.807) is 0 Å². The number of primary amides is 1. The molecule has 22 heavy (non-hydrogen) atoms. The quantitative estimate of drug-likeness (QED) is 0.794. The summed E-state index contributed by atoms with van der Waals surface area (Å²) in [5, 5.41) is 6.09. The molecule has 114 valence electrons. The highest BCUT2D eigenvalue weighted by atomic mass is 16.2. The molecule has 1 unspecified atom stereocenters. The first-order valence-electron chi connectivity index (χ1n) is 7.66. The van der Waals surface area contributed by atoms with Crippen LogP contribution in [0, 0.1) is 0 Å². The van der Waals surface area contributed by atoms with Crippen molar-refractivity contribution in [1.29, 1.82) is 0 Å². The second kappa shape index (κ2) is 6.52. The lowest BCUT2D eigenvalue weighted by Gasteiger charge is -2.14. The molecule has 1 atom stereocenters. The fourth-order valence-electron chi connectivity index (χ4n) is 3.03. The minimum absolute atomic E-state index is 0.464. The fraction of sp³-hybridized carbons (Fsp3) is 0.278. The number of fused-ring (bicyclic) bond motifs is 1. The number of nitrogens with one attached hydrogen (secondary N) is 2. The predicted molar refractivity (Wildman–Crippen MR) is 88.9 cm³/mol. The van der Waals surface area contributed by atoms with E-state index >= 15 is 0 Å². The Hall–Kier alpha value is -2.49. The van der Waals surface area contributed by atoms with Gasteiger partial charge in [0.05, 0.1) is 0 Å². The number of rotatable bonds is 5. The average Bonchev–Trinajstić information content (AvgIpc) is 2.95. The number of benzene rings is 2. The van der Waals surface area contributed by atoms with Crippen molar-refractivity contribution in [3.63, 3.8) is 0 Å². The molecule has 0 radical (unpaired) electrons. The van der Waals surface area contributed by atoms with E-state index in [4.69, 9.17) is 5.73 Å². The molecular formula is C18H21N3O. The Bertz CT molecular complexity index is 652. The number of carbonyl (C=O) groups is 1. The third-order valence-corrected chi connectivity index (χ3v) is 4.23. The molecular weight excluding hydrogens is 274 g/mol. The molecule has 3 rings (SSSR count). The Labute approximate surface area is 130 Å². The van der Waals surface area contributed by atoms with Crippen LogP contribution in [0.1, 0.15) is 29.0 Å². The molecule has 1 aliphatic rings. The number of aryl methyl sites for hydroxylation is 1. The van der Waals surface area contributed by atoms with Crippen LogP contribution < -0.4 is 16.4 Å². The van der Waals surface area contributed by atoms with Crippen LogP contribution in [0.25, 0.3) is 0 Å². The van der Waals surface area contributed by atoms with Crippen molar-refractivity contribution >= 4 is 11.7 Å². The van der Waals surface area contributed by atoms with Crippen LogP contribution in [-0.2, 0) is 13.0 Å². The molecule has 1 aliphatic carbocycles. The first kappa shape index (κ1) is 14.4. The van der Waals surface area contributed by atoms with Gasteiger partial charge in [0.25, 0.3) is 0 Å². The molecule has 4 heteroatoms. The summed E-state index contributed by atoms with van der Waals surface area (Å²) >= 11 is 0. The van der Waals surface area contributed by atoms with Crippen LogP contribution in [0.4, 0.5) is 10.5 Å². The van der Waals surface area contributed by atoms with E-state index in [0.29, 0.717) is 12.5 Å². The van der Waals surface area contributed by atoms with Gasteiger partial charge in [0.2, 0.25) is 0 Å². The van der Waals surface area contributed by atoms with E-state index in [1.807, 2.05) is 24.3 Å². The number of hydrogen-bond donors (Lipinski definition) is 3. The molecule has 0 bridgehead atoms. The molecule has 0 spiro atoms. The highest BCUT2D eigenvalue weighted by Crippen LogP contribution is 2.32. The first-order valence-corrected chi connectivity index (χ1v) is 7.66. The van der Waals surface area contributed by atoms with Gasteiger partial charge >= 0.3 is 6.03 Å². The minimum Gasteiger partial charge on any atom is -0.384 e. The van der Waals surface area contributed by atoms with Crippen LogP contribution in [-0.4, -0.2) is 12.6 Å². The van der Waals surface area contributed by atoms with Gasteiger partial charge in [0, 0.05) is 24.7 Å². The summed E-state index contributed by atoms with van der Waals surface area (Å²) in [4.78, 5) is 10.7. The van der Waals surface area contributed by atoms with Gasteiger partial charge in [0.15, 0.2) is 0 Å². The van der Waals surface area contributed by atoms with Gasteiger partial charge < -0.3 is 16.4 Å². The van der Waals surface area contributed by atoms with E-state index in [2.05, 4.69) is 34.9 Å². The lowest BCUT2D eigenvalue weighted by molar-refractivity contribution is 0.248. The van der Waals surface area contributed by atoms with Crippen LogP contribution in [0.3, 0.4) is 0 Å². The van der Waals surface area contributed by atoms with Gasteiger partial charge in [-0.05, 0) is 41.7 Å². The smallest absolute Gasteiger partial charge is 0.312 e. The first-order chi connectivity index (χ1) is 10.7. The third kappa shape index (κ3) is 3.39. The van der Waals surface area contributed by atoms with E-state index in [1.165, 1.54) is 24.0 Å². The third-order valence-electron chi connectivity index (χ3n) is 4.23. The SMILES string of the molecule is NC(=O)NCc1ccc(NCC2CCc3ccccc32)cc1. The largest absolute Gasteiger partial charge is 0.384 e. The normalized spacial score (nSPS) is 16.1. The Morgan fingerprint density at radius 3 is 2.68 bits per heavy atom. The maximum Gasteiger partial charge on any atom is 0.312 e. The van der Waals surface area contributed by atoms with Crippen molar-refractivity contribution in [1.82, 2.24) is 5.32 Å². The van der Waals surface area contributed by atoms with Gasteiger partial charge in [-0.15, -0.1) is 0 Å². The van der Waals surface area contributed by atoms with Crippen molar-refractivity contribution in [3.05, 3.63) is 65.2 Å². The number of carbonyl (C=O) groups excluding carboxylic acids is 1. The van der Waals surface area contributed by atoms with Gasteiger partial charge in [-0.2, -0.15) is 0 Å². The van der Waals surface area contributed by atoms with Crippen LogP contribution in [0.2, 0.25) is 0 Å². The number of amides is 2. The van der Waals surface area contributed by atoms with Crippen LogP contribution >= 0.6 is 0 Å². The molecule has 2 aromatic carbocycles. The summed E-state index contributed by atoms with van der Waals surface area (Å²) in [6.45, 7) is 1.42. The zero-order valence-corrected chi connectivity index (χ0v) is 12.5. The fourth-order valence-corrected chi connectivity index (χ4v) is 3.03. The van der Waals surface area contributed by atoms with Gasteiger partial charge in [0.1, 0.15) is 0 Å².